The van der Waals surface area contributed by atoms with Crippen molar-refractivity contribution in [3.63, 3.8) is 0 Å². The Labute approximate surface area is 121 Å². The summed E-state index contributed by atoms with van der Waals surface area (Å²) in [6.07, 6.45) is 0. The van der Waals surface area contributed by atoms with Gasteiger partial charge in [-0.25, -0.2) is 13.8 Å². The van der Waals surface area contributed by atoms with E-state index in [4.69, 9.17) is 4.74 Å². The summed E-state index contributed by atoms with van der Waals surface area (Å²) < 4.78 is 32.8. The third kappa shape index (κ3) is 2.06. The molecule has 0 aliphatic carbocycles. The van der Waals surface area contributed by atoms with Crippen molar-refractivity contribution >= 4 is 27.0 Å². The van der Waals surface area contributed by atoms with Crippen LogP contribution in [0.1, 0.15) is 0 Å². The van der Waals surface area contributed by atoms with E-state index in [2.05, 4.69) is 25.9 Å². The molecule has 1 aromatic heterocycles. The van der Waals surface area contributed by atoms with E-state index in [-0.39, 0.29) is 5.52 Å². The van der Waals surface area contributed by atoms with E-state index in [1.807, 2.05) is 0 Å². The number of benzene rings is 2. The minimum Gasteiger partial charge on any atom is -0.497 e. The zero-order chi connectivity index (χ0) is 14.3. The molecule has 0 amide bonds. The standard InChI is InChI=1S/C14H9BrF2N2O/c1-20-7-2-3-9(15)8(6-7)14-18-11-5-4-10(16)12(17)13(11)19-14/h2-6H,1H3,(H,18,19). The molecule has 20 heavy (non-hydrogen) atoms. The fraction of sp³-hybridized carbons (Fsp3) is 0.0714. The van der Waals surface area contributed by atoms with Crippen LogP contribution in [-0.2, 0) is 0 Å². The number of aromatic nitrogens is 2. The molecular formula is C14H9BrF2N2O. The van der Waals surface area contributed by atoms with Gasteiger partial charge in [-0.1, -0.05) is 15.9 Å². The summed E-state index contributed by atoms with van der Waals surface area (Å²) in [6.45, 7) is 0. The quantitative estimate of drug-likeness (QED) is 0.757. The van der Waals surface area contributed by atoms with Gasteiger partial charge in [0.2, 0.25) is 0 Å². The van der Waals surface area contributed by atoms with Crippen molar-refractivity contribution in [2.75, 3.05) is 7.11 Å². The number of rotatable bonds is 2. The van der Waals surface area contributed by atoms with Gasteiger partial charge in [-0.05, 0) is 30.3 Å². The summed E-state index contributed by atoms with van der Waals surface area (Å²) in [4.78, 5) is 7.09. The van der Waals surface area contributed by atoms with Crippen LogP contribution < -0.4 is 4.74 Å². The Balaban J connectivity index is 2.22. The second kappa shape index (κ2) is 4.86. The number of nitrogens with one attached hydrogen (secondary N) is 1. The predicted molar refractivity (Wildman–Crippen MR) is 75.7 cm³/mol. The number of ether oxygens (including phenoxy) is 1. The molecule has 1 N–H and O–H groups in total. The molecular weight excluding hydrogens is 330 g/mol. The Morgan fingerprint density at radius 2 is 2.00 bits per heavy atom. The molecule has 0 aliphatic heterocycles. The number of fused-ring (bicyclic) bond motifs is 1. The Morgan fingerprint density at radius 3 is 2.75 bits per heavy atom. The maximum absolute atomic E-state index is 13.7. The summed E-state index contributed by atoms with van der Waals surface area (Å²) >= 11 is 3.40. The van der Waals surface area contributed by atoms with Gasteiger partial charge < -0.3 is 9.72 Å². The third-order valence-electron chi connectivity index (χ3n) is 2.97. The molecule has 3 rings (SSSR count). The largest absolute Gasteiger partial charge is 0.497 e. The maximum Gasteiger partial charge on any atom is 0.186 e. The first kappa shape index (κ1) is 13.1. The lowest BCUT2D eigenvalue weighted by Crippen LogP contribution is -1.87. The molecule has 0 saturated heterocycles. The molecule has 3 nitrogen and oxygen atoms in total. The number of hydrogen-bond donors (Lipinski definition) is 1. The van der Waals surface area contributed by atoms with E-state index < -0.39 is 11.6 Å². The monoisotopic (exact) mass is 338 g/mol. The van der Waals surface area contributed by atoms with Crippen LogP contribution in [0.2, 0.25) is 0 Å². The van der Waals surface area contributed by atoms with E-state index in [9.17, 15) is 8.78 Å². The smallest absolute Gasteiger partial charge is 0.186 e. The summed E-state index contributed by atoms with van der Waals surface area (Å²) in [5, 5.41) is 0. The van der Waals surface area contributed by atoms with Crippen molar-refractivity contribution in [3.05, 3.63) is 46.4 Å². The van der Waals surface area contributed by atoms with E-state index >= 15 is 0 Å². The van der Waals surface area contributed by atoms with Gasteiger partial charge in [0.25, 0.3) is 0 Å². The molecule has 0 radical (unpaired) electrons. The average molecular weight is 339 g/mol. The molecule has 102 valence electrons. The molecule has 0 saturated carbocycles. The molecule has 0 bridgehead atoms. The van der Waals surface area contributed by atoms with Crippen LogP contribution in [0.4, 0.5) is 8.78 Å². The van der Waals surface area contributed by atoms with Gasteiger partial charge >= 0.3 is 0 Å². The average Bonchev–Trinajstić information content (AvgIpc) is 2.88. The normalized spacial score (nSPS) is 11.0. The summed E-state index contributed by atoms with van der Waals surface area (Å²) in [5.74, 6) is -0.783. The number of halogens is 3. The minimum absolute atomic E-state index is 0.0188. The predicted octanol–water partition coefficient (Wildman–Crippen LogP) is 4.28. The Hall–Kier alpha value is -1.95. The summed E-state index contributed by atoms with van der Waals surface area (Å²) in [6, 6.07) is 7.88. The SMILES string of the molecule is COc1ccc(Br)c(-c2nc3c(F)c(F)ccc3[nH]2)c1. The maximum atomic E-state index is 13.7. The van der Waals surface area contributed by atoms with E-state index in [0.29, 0.717) is 22.7 Å². The molecule has 1 heterocycles. The molecule has 0 spiro atoms. The Kier molecular flexibility index (Phi) is 3.17. The highest BCUT2D eigenvalue weighted by molar-refractivity contribution is 9.10. The number of hydrogen-bond acceptors (Lipinski definition) is 2. The Morgan fingerprint density at radius 1 is 1.20 bits per heavy atom. The van der Waals surface area contributed by atoms with E-state index in [0.717, 1.165) is 10.5 Å². The molecule has 0 fully saturated rings. The van der Waals surface area contributed by atoms with Crippen molar-refractivity contribution < 1.29 is 13.5 Å². The van der Waals surface area contributed by atoms with Gasteiger partial charge in [0.1, 0.15) is 17.1 Å². The third-order valence-corrected chi connectivity index (χ3v) is 3.67. The van der Waals surface area contributed by atoms with Crippen molar-refractivity contribution in [1.82, 2.24) is 9.97 Å². The highest BCUT2D eigenvalue weighted by Gasteiger charge is 2.14. The number of nitrogens with zero attached hydrogens (tertiary/aromatic N) is 1. The topological polar surface area (TPSA) is 37.9 Å². The van der Waals surface area contributed by atoms with Crippen LogP contribution in [0.3, 0.4) is 0 Å². The lowest BCUT2D eigenvalue weighted by Gasteiger charge is -2.04. The van der Waals surface area contributed by atoms with Crippen molar-refractivity contribution in [3.8, 4) is 17.1 Å². The molecule has 6 heteroatoms. The molecule has 0 unspecified atom stereocenters. The van der Waals surface area contributed by atoms with Gasteiger partial charge in [0.15, 0.2) is 11.6 Å². The second-order valence-electron chi connectivity index (χ2n) is 4.19. The van der Waals surface area contributed by atoms with Gasteiger partial charge in [0, 0.05) is 10.0 Å². The van der Waals surface area contributed by atoms with Gasteiger partial charge in [-0.2, -0.15) is 0 Å². The highest BCUT2D eigenvalue weighted by Crippen LogP contribution is 2.31. The van der Waals surface area contributed by atoms with Crippen molar-refractivity contribution in [2.24, 2.45) is 0 Å². The summed E-state index contributed by atoms with van der Waals surface area (Å²) in [5.41, 5.74) is 1.13. The minimum atomic E-state index is -0.955. The number of imidazole rings is 1. The summed E-state index contributed by atoms with van der Waals surface area (Å²) in [7, 11) is 1.56. The molecule has 0 aliphatic rings. The lowest BCUT2D eigenvalue weighted by molar-refractivity contribution is 0.415. The van der Waals surface area contributed by atoms with Crippen molar-refractivity contribution in [1.29, 1.82) is 0 Å². The number of methoxy groups -OCH3 is 1. The lowest BCUT2D eigenvalue weighted by atomic mass is 10.2. The van der Waals surface area contributed by atoms with Crippen LogP contribution in [0.5, 0.6) is 5.75 Å². The van der Waals surface area contributed by atoms with Crippen LogP contribution in [0.25, 0.3) is 22.4 Å². The van der Waals surface area contributed by atoms with Crippen LogP contribution >= 0.6 is 15.9 Å². The molecule has 0 atom stereocenters. The van der Waals surface area contributed by atoms with Crippen LogP contribution in [-0.4, -0.2) is 17.1 Å². The molecule has 2 aromatic carbocycles. The Bertz CT molecular complexity index is 801. The first-order valence-corrected chi connectivity index (χ1v) is 6.57. The van der Waals surface area contributed by atoms with Crippen molar-refractivity contribution in [2.45, 2.75) is 0 Å². The second-order valence-corrected chi connectivity index (χ2v) is 5.04. The zero-order valence-corrected chi connectivity index (χ0v) is 12.0. The first-order chi connectivity index (χ1) is 9.60. The van der Waals surface area contributed by atoms with E-state index in [1.165, 1.54) is 6.07 Å². The van der Waals surface area contributed by atoms with Gasteiger partial charge in [0.05, 0.1) is 12.6 Å². The molecule has 3 aromatic rings. The van der Waals surface area contributed by atoms with Gasteiger partial charge in [-0.15, -0.1) is 0 Å². The zero-order valence-electron chi connectivity index (χ0n) is 10.4. The number of H-pyrrole nitrogens is 1. The van der Waals surface area contributed by atoms with Gasteiger partial charge in [-0.3, -0.25) is 0 Å². The highest BCUT2D eigenvalue weighted by atomic mass is 79.9. The van der Waals surface area contributed by atoms with Crippen LogP contribution in [0.15, 0.2) is 34.8 Å². The van der Waals surface area contributed by atoms with E-state index in [1.54, 1.807) is 25.3 Å². The number of aromatic amines is 1. The fourth-order valence-corrected chi connectivity index (χ4v) is 2.39. The fourth-order valence-electron chi connectivity index (χ4n) is 1.96. The van der Waals surface area contributed by atoms with Crippen LogP contribution in [0, 0.1) is 11.6 Å². The first-order valence-electron chi connectivity index (χ1n) is 5.78.